The Balaban J connectivity index is 1.12. The lowest BCUT2D eigenvalue weighted by Gasteiger charge is -2.71. The van der Waals surface area contributed by atoms with Gasteiger partial charge in [-0.3, -0.25) is 28.8 Å². The van der Waals surface area contributed by atoms with Crippen LogP contribution in [0.15, 0.2) is 42.0 Å². The molecule has 0 spiro atoms. The number of ether oxygens (including phenoxy) is 8. The van der Waals surface area contributed by atoms with E-state index in [0.29, 0.717) is 25.2 Å². The van der Waals surface area contributed by atoms with E-state index in [1.54, 1.807) is 0 Å². The van der Waals surface area contributed by atoms with Crippen LogP contribution < -0.4 is 5.32 Å². The van der Waals surface area contributed by atoms with E-state index in [0.717, 1.165) is 71.3 Å². The highest BCUT2D eigenvalue weighted by molar-refractivity contribution is 5.79. The molecule has 0 aromatic heterocycles. The second kappa shape index (κ2) is 19.9. The maximum atomic E-state index is 15.3. The van der Waals surface area contributed by atoms with Crippen molar-refractivity contribution in [1.29, 1.82) is 0 Å². The summed E-state index contributed by atoms with van der Waals surface area (Å²) in [6.07, 6.45) is 1.75. The Labute approximate surface area is 412 Å². The number of allylic oxidation sites excluding steroid dienone is 2. The monoisotopic (exact) mass is 978 g/mol. The zero-order valence-electron chi connectivity index (χ0n) is 43.0. The van der Waals surface area contributed by atoms with E-state index in [9.17, 15) is 28.8 Å². The van der Waals surface area contributed by atoms with Crippen molar-refractivity contribution in [3.63, 3.8) is 0 Å². The summed E-state index contributed by atoms with van der Waals surface area (Å²) in [5.41, 5.74) is 0.217. The number of benzene rings is 1. The molecule has 1 amide bonds. The largest absolute Gasteiger partial charge is 0.463 e. The lowest BCUT2D eigenvalue weighted by molar-refractivity contribution is -0.304. The first kappa shape index (κ1) is 52.8. The van der Waals surface area contributed by atoms with E-state index in [1.165, 1.54) is 12.5 Å². The highest BCUT2D eigenvalue weighted by Crippen LogP contribution is 2.76. The summed E-state index contributed by atoms with van der Waals surface area (Å²) >= 11 is 0. The first-order chi connectivity index (χ1) is 32.8. The third kappa shape index (κ3) is 10.1. The first-order valence-corrected chi connectivity index (χ1v) is 25.1. The van der Waals surface area contributed by atoms with E-state index in [4.69, 9.17) is 37.9 Å². The Bertz CT molecular complexity index is 2220. The van der Waals surface area contributed by atoms with Gasteiger partial charge in [0, 0.05) is 33.1 Å². The third-order valence-corrected chi connectivity index (χ3v) is 18.0. The Morgan fingerprint density at radius 2 is 1.31 bits per heavy atom. The summed E-state index contributed by atoms with van der Waals surface area (Å²) in [5.74, 6) is -3.61. The number of alkyl carbamates (subject to hydrolysis) is 1. The number of fused-ring (bicyclic) bond motifs is 7. The molecule has 1 N–H and O–H groups in total. The lowest BCUT2D eigenvalue weighted by Crippen LogP contribution is -2.66. The molecular weight excluding hydrogens is 903 g/mol. The number of carbonyl (C=O) groups is 7. The minimum atomic E-state index is -1.61. The fourth-order valence-electron chi connectivity index (χ4n) is 14.4. The van der Waals surface area contributed by atoms with E-state index in [1.807, 2.05) is 30.3 Å². The van der Waals surface area contributed by atoms with E-state index < -0.39 is 84.6 Å². The van der Waals surface area contributed by atoms with Gasteiger partial charge in [-0.2, -0.15) is 0 Å². The topological polar surface area (TPSA) is 205 Å². The Kier molecular flexibility index (Phi) is 15.0. The van der Waals surface area contributed by atoms with Crippen molar-refractivity contribution in [1.82, 2.24) is 5.32 Å². The normalized spacial score (nSPS) is 36.8. The van der Waals surface area contributed by atoms with Gasteiger partial charge in [-0.25, -0.2) is 4.79 Å². The molecule has 4 saturated carbocycles. The number of amides is 1. The van der Waals surface area contributed by atoms with Crippen molar-refractivity contribution in [2.24, 2.45) is 50.2 Å². The molecule has 70 heavy (non-hydrogen) atoms. The van der Waals surface area contributed by atoms with Crippen LogP contribution >= 0.6 is 0 Å². The Hall–Kier alpha value is -4.99. The molecule has 386 valence electrons. The van der Waals surface area contributed by atoms with Crippen LogP contribution in [0.25, 0.3) is 0 Å². The molecule has 1 aliphatic heterocycles. The predicted molar refractivity (Wildman–Crippen MR) is 252 cm³/mol. The average molecular weight is 978 g/mol. The zero-order chi connectivity index (χ0) is 51.2. The summed E-state index contributed by atoms with van der Waals surface area (Å²) < 4.78 is 46.4. The van der Waals surface area contributed by atoms with Crippen molar-refractivity contribution in [3.8, 4) is 0 Å². The minimum absolute atomic E-state index is 0.0849. The molecule has 16 nitrogen and oxygen atoms in total. The van der Waals surface area contributed by atoms with E-state index in [2.05, 4.69) is 59.9 Å². The van der Waals surface area contributed by atoms with Crippen LogP contribution in [0.1, 0.15) is 146 Å². The standard InChI is InChI=1S/C54H75NO15/c1-31(56)63-30-38-43(65-32(2)57)44(66-33(3)58)45(67-34(4)59)46(68-38)70-47(61)54-25-23-49(5,6)27-37(54)36-17-18-40-51(9)21-20-41(50(7,8)39(51)19-22-53(40,11)52(36,10)24-26-54)69-42(60)28-55-48(62)64-29-35-15-13-12-14-16-35/h12-17,37-41,43-46H,18-30H2,1-11H3,(H,55,62)/t37-,38+,39-,40+,41-,43-,44-,45+,46-,51-,52+,53+,54-/m0/s1. The molecule has 7 rings (SSSR count). The SMILES string of the molecule is CC(=O)OC[C@H]1O[C@@H](OC(=O)[C@]23CCC(C)(C)C[C@H]2C2=CC[C@@H]4[C@@]5(C)CC[C@H](OC(=O)CNC(=O)OCc6ccccc6)C(C)(C)[C@@H]5CC[C@@]4(C)[C@]2(C)CC3)[C@H](OC(C)=O)[C@@H](OC(C)=O)[C@H]1OC(C)=O. The maximum absolute atomic E-state index is 15.3. The van der Waals surface area contributed by atoms with Crippen LogP contribution in [-0.2, 0) is 73.3 Å². The van der Waals surface area contributed by atoms with Gasteiger partial charge in [0.25, 0.3) is 0 Å². The molecule has 1 aromatic carbocycles. The molecule has 5 fully saturated rings. The van der Waals surface area contributed by atoms with Gasteiger partial charge in [-0.1, -0.05) is 90.4 Å². The van der Waals surface area contributed by atoms with Crippen molar-refractivity contribution in [2.45, 2.75) is 184 Å². The van der Waals surface area contributed by atoms with Crippen molar-refractivity contribution < 1.29 is 71.5 Å². The van der Waals surface area contributed by atoms with Gasteiger partial charge in [0.2, 0.25) is 12.4 Å². The van der Waals surface area contributed by atoms with Crippen LogP contribution in [0.2, 0.25) is 0 Å². The summed E-state index contributed by atoms with van der Waals surface area (Å²) in [4.78, 5) is 90.6. The molecule has 1 saturated heterocycles. The fraction of sp³-hybridized carbons (Fsp3) is 0.722. The average Bonchev–Trinajstić information content (AvgIpc) is 3.27. The Morgan fingerprint density at radius 1 is 0.671 bits per heavy atom. The number of nitrogens with one attached hydrogen (secondary N) is 1. The van der Waals surface area contributed by atoms with Gasteiger partial charge in [-0.15, -0.1) is 0 Å². The van der Waals surface area contributed by atoms with Crippen LogP contribution in [0.3, 0.4) is 0 Å². The number of hydrogen-bond acceptors (Lipinski definition) is 15. The minimum Gasteiger partial charge on any atom is -0.463 e. The quantitative estimate of drug-likeness (QED) is 0.119. The molecule has 6 aliphatic rings. The van der Waals surface area contributed by atoms with Crippen molar-refractivity contribution in [3.05, 3.63) is 47.5 Å². The zero-order valence-corrected chi connectivity index (χ0v) is 43.0. The maximum Gasteiger partial charge on any atom is 0.407 e. The first-order valence-electron chi connectivity index (χ1n) is 25.1. The molecule has 1 heterocycles. The van der Waals surface area contributed by atoms with Crippen molar-refractivity contribution in [2.75, 3.05) is 13.2 Å². The molecule has 0 unspecified atom stereocenters. The smallest absolute Gasteiger partial charge is 0.407 e. The van der Waals surface area contributed by atoms with Crippen LogP contribution in [0.5, 0.6) is 0 Å². The number of rotatable bonds is 12. The summed E-state index contributed by atoms with van der Waals surface area (Å²) in [6.45, 7) is 20.3. The van der Waals surface area contributed by atoms with Gasteiger partial charge in [0.1, 0.15) is 32.0 Å². The summed E-state index contributed by atoms with van der Waals surface area (Å²) in [5, 5.41) is 2.55. The lowest BCUT2D eigenvalue weighted by atomic mass is 9.33. The van der Waals surface area contributed by atoms with Crippen molar-refractivity contribution >= 4 is 41.9 Å². The summed E-state index contributed by atoms with van der Waals surface area (Å²) in [6, 6.07) is 9.33. The van der Waals surface area contributed by atoms with Gasteiger partial charge in [0.05, 0.1) is 5.41 Å². The number of carbonyl (C=O) groups excluding carboxylic acids is 7. The molecule has 1 aromatic rings. The van der Waals surface area contributed by atoms with E-state index >= 15 is 4.79 Å². The molecule has 0 bridgehead atoms. The second-order valence-electron chi connectivity index (χ2n) is 23.1. The predicted octanol–water partition coefficient (Wildman–Crippen LogP) is 8.25. The molecular formula is C54H75NO15. The number of esters is 6. The van der Waals surface area contributed by atoms with E-state index in [-0.39, 0.29) is 58.2 Å². The number of hydrogen-bond donors (Lipinski definition) is 1. The van der Waals surface area contributed by atoms with Crippen LogP contribution in [0.4, 0.5) is 4.79 Å². The molecule has 5 aliphatic carbocycles. The van der Waals surface area contributed by atoms with Crippen LogP contribution in [-0.4, -0.2) is 91.9 Å². The fourth-order valence-corrected chi connectivity index (χ4v) is 14.4. The molecule has 0 radical (unpaired) electrons. The van der Waals surface area contributed by atoms with Crippen LogP contribution in [0, 0.1) is 50.2 Å². The third-order valence-electron chi connectivity index (χ3n) is 18.0. The van der Waals surface area contributed by atoms with Gasteiger partial charge in [-0.05, 0) is 109 Å². The van der Waals surface area contributed by atoms with Gasteiger partial charge >= 0.3 is 41.9 Å². The highest BCUT2D eigenvalue weighted by Gasteiger charge is 2.70. The molecule has 16 heteroatoms. The highest BCUT2D eigenvalue weighted by atomic mass is 16.7. The van der Waals surface area contributed by atoms with Gasteiger partial charge in [0.15, 0.2) is 12.2 Å². The Morgan fingerprint density at radius 3 is 1.97 bits per heavy atom. The molecule has 13 atom stereocenters. The second-order valence-corrected chi connectivity index (χ2v) is 23.1. The summed E-state index contributed by atoms with van der Waals surface area (Å²) in [7, 11) is 0. The van der Waals surface area contributed by atoms with Gasteiger partial charge < -0.3 is 43.2 Å².